The Labute approximate surface area is 160 Å². The Hall–Kier alpha value is -1.17. The van der Waals surface area contributed by atoms with E-state index in [1.165, 1.54) is 12.1 Å². The predicted molar refractivity (Wildman–Crippen MR) is 111 cm³/mol. The standard InChI is InChI=1S/C20H27BrFNOSi/c1-20(2,3)25(4,5)24-15-14-23(18-10-6-16(21)7-11-18)19-12-8-17(22)9-13-19/h6-13H,14-15H2,1-5H3. The SMILES string of the molecule is CC(C)(C)[Si](C)(C)OCCN(c1ccc(F)cc1)c1ccc(Br)cc1. The zero-order chi connectivity index (χ0) is 18.7. The summed E-state index contributed by atoms with van der Waals surface area (Å²) in [4.78, 5) is 2.17. The van der Waals surface area contributed by atoms with Crippen LogP contribution in [-0.4, -0.2) is 21.5 Å². The highest BCUT2D eigenvalue weighted by Gasteiger charge is 2.37. The third-order valence-corrected chi connectivity index (χ3v) is 9.93. The monoisotopic (exact) mass is 423 g/mol. The summed E-state index contributed by atoms with van der Waals surface area (Å²) in [7, 11) is -1.79. The van der Waals surface area contributed by atoms with Gasteiger partial charge in [0, 0.05) is 22.4 Å². The van der Waals surface area contributed by atoms with E-state index in [2.05, 4.69) is 66.8 Å². The summed E-state index contributed by atoms with van der Waals surface area (Å²) >= 11 is 3.47. The van der Waals surface area contributed by atoms with Crippen LogP contribution in [0.25, 0.3) is 0 Å². The summed E-state index contributed by atoms with van der Waals surface area (Å²) in [6.07, 6.45) is 0. The Morgan fingerprint density at radius 1 is 0.960 bits per heavy atom. The first-order valence-corrected chi connectivity index (χ1v) is 12.2. The summed E-state index contributed by atoms with van der Waals surface area (Å²) in [5.41, 5.74) is 2.02. The second kappa shape index (κ2) is 8.02. The van der Waals surface area contributed by atoms with E-state index in [-0.39, 0.29) is 10.9 Å². The molecule has 2 aromatic rings. The second-order valence-electron chi connectivity index (χ2n) is 7.71. The van der Waals surface area contributed by atoms with Crippen molar-refractivity contribution in [3.05, 3.63) is 58.8 Å². The van der Waals surface area contributed by atoms with Crippen LogP contribution in [0.3, 0.4) is 0 Å². The van der Waals surface area contributed by atoms with Gasteiger partial charge in [-0.25, -0.2) is 4.39 Å². The molecule has 5 heteroatoms. The zero-order valence-corrected chi connectivity index (χ0v) is 18.2. The maximum absolute atomic E-state index is 13.3. The van der Waals surface area contributed by atoms with Gasteiger partial charge in [-0.2, -0.15) is 0 Å². The Morgan fingerprint density at radius 2 is 1.44 bits per heavy atom. The van der Waals surface area contributed by atoms with Crippen LogP contribution < -0.4 is 4.90 Å². The van der Waals surface area contributed by atoms with Crippen molar-refractivity contribution in [2.75, 3.05) is 18.1 Å². The van der Waals surface area contributed by atoms with Crippen LogP contribution in [0.5, 0.6) is 0 Å². The number of hydrogen-bond donors (Lipinski definition) is 0. The van der Waals surface area contributed by atoms with Crippen LogP contribution in [-0.2, 0) is 4.43 Å². The number of hydrogen-bond acceptors (Lipinski definition) is 2. The first kappa shape index (κ1) is 20.1. The van der Waals surface area contributed by atoms with Gasteiger partial charge in [0.2, 0.25) is 0 Å². The van der Waals surface area contributed by atoms with E-state index < -0.39 is 8.32 Å². The van der Waals surface area contributed by atoms with E-state index in [1.54, 1.807) is 0 Å². The highest BCUT2D eigenvalue weighted by atomic mass is 79.9. The van der Waals surface area contributed by atoms with Crippen LogP contribution in [0.4, 0.5) is 15.8 Å². The fourth-order valence-corrected chi connectivity index (χ4v) is 3.56. The molecule has 0 aliphatic carbocycles. The average Bonchev–Trinajstić information content (AvgIpc) is 2.53. The summed E-state index contributed by atoms with van der Waals surface area (Å²) in [6, 6.07) is 14.7. The number of benzene rings is 2. The van der Waals surface area contributed by atoms with Crippen molar-refractivity contribution >= 4 is 35.6 Å². The van der Waals surface area contributed by atoms with E-state index in [9.17, 15) is 4.39 Å². The third kappa shape index (κ3) is 5.40. The minimum absolute atomic E-state index is 0.186. The topological polar surface area (TPSA) is 12.5 Å². The van der Waals surface area contributed by atoms with Crippen LogP contribution in [0, 0.1) is 5.82 Å². The first-order valence-electron chi connectivity index (χ1n) is 8.53. The molecule has 0 amide bonds. The summed E-state index contributed by atoms with van der Waals surface area (Å²) in [6.45, 7) is 12.6. The van der Waals surface area contributed by atoms with Crippen molar-refractivity contribution in [3.63, 3.8) is 0 Å². The van der Waals surface area contributed by atoms with E-state index in [0.717, 1.165) is 22.4 Å². The van der Waals surface area contributed by atoms with Gasteiger partial charge < -0.3 is 9.33 Å². The van der Waals surface area contributed by atoms with Gasteiger partial charge in [0.25, 0.3) is 0 Å². The lowest BCUT2D eigenvalue weighted by atomic mass is 10.2. The molecule has 0 aliphatic rings. The molecular formula is C20H27BrFNOSi. The maximum Gasteiger partial charge on any atom is 0.192 e. The molecule has 0 bridgehead atoms. The zero-order valence-electron chi connectivity index (χ0n) is 15.6. The van der Waals surface area contributed by atoms with Crippen LogP contribution in [0.1, 0.15) is 20.8 Å². The van der Waals surface area contributed by atoms with E-state index in [1.807, 2.05) is 24.3 Å². The van der Waals surface area contributed by atoms with Gasteiger partial charge >= 0.3 is 0 Å². The molecule has 0 fully saturated rings. The minimum atomic E-state index is -1.79. The lowest BCUT2D eigenvalue weighted by molar-refractivity contribution is 0.297. The molecule has 0 saturated heterocycles. The van der Waals surface area contributed by atoms with Crippen molar-refractivity contribution < 1.29 is 8.82 Å². The van der Waals surface area contributed by atoms with Gasteiger partial charge in [0.05, 0.1) is 6.61 Å². The van der Waals surface area contributed by atoms with Crippen LogP contribution >= 0.6 is 15.9 Å². The summed E-state index contributed by atoms with van der Waals surface area (Å²) in [5.74, 6) is -0.225. The molecule has 0 aliphatic heterocycles. The highest BCUT2D eigenvalue weighted by molar-refractivity contribution is 9.10. The molecule has 0 unspecified atom stereocenters. The highest BCUT2D eigenvalue weighted by Crippen LogP contribution is 2.36. The Kier molecular flexibility index (Phi) is 6.46. The van der Waals surface area contributed by atoms with E-state index >= 15 is 0 Å². The van der Waals surface area contributed by atoms with Gasteiger partial charge in [0.1, 0.15) is 5.82 Å². The Balaban J connectivity index is 2.18. The molecule has 0 atom stereocenters. The number of halogens is 2. The van der Waals surface area contributed by atoms with Crippen molar-refractivity contribution in [1.29, 1.82) is 0 Å². The maximum atomic E-state index is 13.3. The molecule has 2 rings (SSSR count). The normalized spacial score (nSPS) is 12.3. The van der Waals surface area contributed by atoms with Crippen LogP contribution in [0.15, 0.2) is 53.0 Å². The third-order valence-electron chi connectivity index (χ3n) is 4.86. The predicted octanol–water partition coefficient (Wildman–Crippen LogP) is 6.75. The van der Waals surface area contributed by atoms with Gasteiger partial charge in [-0.3, -0.25) is 0 Å². The summed E-state index contributed by atoms with van der Waals surface area (Å²) < 4.78 is 20.7. The molecule has 0 heterocycles. The molecule has 25 heavy (non-hydrogen) atoms. The lowest BCUT2D eigenvalue weighted by Crippen LogP contribution is -2.42. The molecule has 0 spiro atoms. The fourth-order valence-electron chi connectivity index (χ4n) is 2.26. The molecule has 0 saturated carbocycles. The van der Waals surface area contributed by atoms with Crippen molar-refractivity contribution in [2.24, 2.45) is 0 Å². The first-order chi connectivity index (χ1) is 11.6. The van der Waals surface area contributed by atoms with E-state index in [0.29, 0.717) is 6.61 Å². The second-order valence-corrected chi connectivity index (χ2v) is 13.4. The smallest absolute Gasteiger partial charge is 0.192 e. The fraction of sp³-hybridized carbons (Fsp3) is 0.400. The quantitative estimate of drug-likeness (QED) is 0.476. The van der Waals surface area contributed by atoms with Gasteiger partial charge in [0.15, 0.2) is 8.32 Å². The number of nitrogens with zero attached hydrogens (tertiary/aromatic N) is 1. The lowest BCUT2D eigenvalue weighted by Gasteiger charge is -2.37. The van der Waals surface area contributed by atoms with Gasteiger partial charge in [-0.05, 0) is 66.7 Å². The molecule has 0 aromatic heterocycles. The molecule has 0 N–H and O–H groups in total. The molecule has 2 nitrogen and oxygen atoms in total. The van der Waals surface area contributed by atoms with Crippen molar-refractivity contribution in [2.45, 2.75) is 38.9 Å². The average molecular weight is 424 g/mol. The van der Waals surface area contributed by atoms with Gasteiger partial charge in [-0.15, -0.1) is 0 Å². The largest absolute Gasteiger partial charge is 0.415 e. The minimum Gasteiger partial charge on any atom is -0.415 e. The number of rotatable bonds is 6. The van der Waals surface area contributed by atoms with Gasteiger partial charge in [-0.1, -0.05) is 36.7 Å². The summed E-state index contributed by atoms with van der Waals surface area (Å²) in [5, 5.41) is 0.186. The Morgan fingerprint density at radius 3 is 1.92 bits per heavy atom. The molecular weight excluding hydrogens is 397 g/mol. The molecule has 2 aromatic carbocycles. The Bertz CT molecular complexity index is 635. The van der Waals surface area contributed by atoms with Crippen molar-refractivity contribution in [3.8, 4) is 0 Å². The van der Waals surface area contributed by atoms with Crippen LogP contribution in [0.2, 0.25) is 18.1 Å². The molecule has 136 valence electrons. The number of anilines is 2. The van der Waals surface area contributed by atoms with Crippen molar-refractivity contribution in [1.82, 2.24) is 0 Å². The van der Waals surface area contributed by atoms with E-state index in [4.69, 9.17) is 4.43 Å². The molecule has 0 radical (unpaired) electrons.